The molecule has 0 amide bonds. The highest BCUT2D eigenvalue weighted by Gasteiger charge is 2.22. The molecule has 11 heavy (non-hydrogen) atoms. The number of likely N-dealkylation sites (N-methyl/N-ethyl adjacent to an activating group) is 1. The molecular weight excluding hydrogens is 136 g/mol. The highest BCUT2D eigenvalue weighted by atomic mass is 15.3. The predicted octanol–water partition coefficient (Wildman–Crippen LogP) is 1.55. The molecule has 0 spiro atoms. The van der Waals surface area contributed by atoms with Crippen molar-refractivity contribution in [3.8, 4) is 0 Å². The smallest absolute Gasteiger partial charge is 0.0763 e. The SMILES string of the molecule is CC1=C(C)C(C)N(C)C(C)N1. The van der Waals surface area contributed by atoms with Crippen LogP contribution in [0.25, 0.3) is 0 Å². The average molecular weight is 154 g/mol. The van der Waals surface area contributed by atoms with Gasteiger partial charge in [-0.3, -0.25) is 4.90 Å². The molecule has 1 heterocycles. The average Bonchev–Trinajstić information content (AvgIpc) is 1.97. The van der Waals surface area contributed by atoms with Gasteiger partial charge in [0.15, 0.2) is 0 Å². The lowest BCUT2D eigenvalue weighted by Gasteiger charge is -2.38. The van der Waals surface area contributed by atoms with Crippen LogP contribution in [0.3, 0.4) is 0 Å². The van der Waals surface area contributed by atoms with E-state index in [0.29, 0.717) is 12.2 Å². The number of hydrogen-bond acceptors (Lipinski definition) is 2. The second-order valence-electron chi connectivity index (χ2n) is 3.47. The van der Waals surface area contributed by atoms with E-state index in [1.54, 1.807) is 0 Å². The Morgan fingerprint density at radius 1 is 1.27 bits per heavy atom. The summed E-state index contributed by atoms with van der Waals surface area (Å²) in [4.78, 5) is 2.34. The summed E-state index contributed by atoms with van der Waals surface area (Å²) in [7, 11) is 2.15. The first-order valence-electron chi connectivity index (χ1n) is 4.20. The van der Waals surface area contributed by atoms with E-state index in [9.17, 15) is 0 Å². The maximum absolute atomic E-state index is 3.41. The largest absolute Gasteiger partial charge is 0.373 e. The number of nitrogens with one attached hydrogen (secondary N) is 1. The molecule has 64 valence electrons. The van der Waals surface area contributed by atoms with Gasteiger partial charge in [-0.25, -0.2) is 0 Å². The molecule has 0 saturated carbocycles. The van der Waals surface area contributed by atoms with Crippen LogP contribution in [-0.2, 0) is 0 Å². The number of nitrogens with zero attached hydrogens (tertiary/aromatic N) is 1. The molecule has 1 N–H and O–H groups in total. The van der Waals surface area contributed by atoms with Gasteiger partial charge in [-0.05, 0) is 40.3 Å². The van der Waals surface area contributed by atoms with Gasteiger partial charge in [-0.15, -0.1) is 0 Å². The molecule has 2 unspecified atom stereocenters. The minimum atomic E-state index is 0.466. The molecule has 1 rings (SSSR count). The topological polar surface area (TPSA) is 15.3 Å². The fourth-order valence-electron chi connectivity index (χ4n) is 1.48. The molecule has 1 aliphatic heterocycles. The van der Waals surface area contributed by atoms with Crippen molar-refractivity contribution in [1.29, 1.82) is 0 Å². The zero-order valence-electron chi connectivity index (χ0n) is 8.10. The summed E-state index contributed by atoms with van der Waals surface area (Å²) in [5.74, 6) is 0. The third-order valence-corrected chi connectivity index (χ3v) is 2.87. The molecule has 0 aromatic carbocycles. The number of rotatable bonds is 0. The van der Waals surface area contributed by atoms with Crippen LogP contribution in [0.5, 0.6) is 0 Å². The monoisotopic (exact) mass is 154 g/mol. The Morgan fingerprint density at radius 2 is 1.82 bits per heavy atom. The predicted molar refractivity (Wildman–Crippen MR) is 48.2 cm³/mol. The molecule has 0 aromatic rings. The van der Waals surface area contributed by atoms with Gasteiger partial charge in [0.05, 0.1) is 6.17 Å². The van der Waals surface area contributed by atoms with E-state index in [1.807, 2.05) is 0 Å². The van der Waals surface area contributed by atoms with Gasteiger partial charge < -0.3 is 5.32 Å². The van der Waals surface area contributed by atoms with Gasteiger partial charge >= 0.3 is 0 Å². The van der Waals surface area contributed by atoms with Crippen molar-refractivity contribution in [3.05, 3.63) is 11.3 Å². The first-order chi connectivity index (χ1) is 5.04. The normalized spacial score (nSPS) is 33.9. The lowest BCUT2D eigenvalue weighted by Crippen LogP contribution is -2.50. The molecule has 0 aliphatic carbocycles. The Balaban J connectivity index is 2.86. The van der Waals surface area contributed by atoms with Crippen molar-refractivity contribution < 1.29 is 0 Å². The van der Waals surface area contributed by atoms with Crippen LogP contribution in [0.2, 0.25) is 0 Å². The van der Waals surface area contributed by atoms with E-state index >= 15 is 0 Å². The summed E-state index contributed by atoms with van der Waals surface area (Å²) in [6.07, 6.45) is 0.466. The lowest BCUT2D eigenvalue weighted by molar-refractivity contribution is 0.178. The maximum Gasteiger partial charge on any atom is 0.0763 e. The van der Waals surface area contributed by atoms with Gasteiger partial charge in [0.1, 0.15) is 0 Å². The Bertz CT molecular complexity index is 184. The molecule has 0 saturated heterocycles. The molecule has 0 radical (unpaired) electrons. The quantitative estimate of drug-likeness (QED) is 0.569. The molecule has 2 nitrogen and oxygen atoms in total. The van der Waals surface area contributed by atoms with Gasteiger partial charge in [-0.1, -0.05) is 0 Å². The standard InChI is InChI=1S/C9H18N2/c1-6-7(2)10-9(4)11(5)8(6)3/h8-10H,1-5H3. The van der Waals surface area contributed by atoms with Crippen molar-refractivity contribution in [1.82, 2.24) is 10.2 Å². The second kappa shape index (κ2) is 2.86. The summed E-state index contributed by atoms with van der Waals surface area (Å²) in [6.45, 7) is 8.77. The fourth-order valence-corrected chi connectivity index (χ4v) is 1.48. The number of hydrogen-bond donors (Lipinski definition) is 1. The highest BCUT2D eigenvalue weighted by Crippen LogP contribution is 2.18. The fraction of sp³-hybridized carbons (Fsp3) is 0.778. The van der Waals surface area contributed by atoms with Crippen LogP contribution in [0.15, 0.2) is 11.3 Å². The van der Waals surface area contributed by atoms with E-state index in [4.69, 9.17) is 0 Å². The second-order valence-corrected chi connectivity index (χ2v) is 3.47. The molecular formula is C9H18N2. The molecule has 2 atom stereocenters. The zero-order valence-corrected chi connectivity index (χ0v) is 8.10. The van der Waals surface area contributed by atoms with E-state index in [0.717, 1.165) is 0 Å². The highest BCUT2D eigenvalue weighted by molar-refractivity contribution is 5.17. The first kappa shape index (κ1) is 8.60. The summed E-state index contributed by atoms with van der Waals surface area (Å²) >= 11 is 0. The van der Waals surface area contributed by atoms with Crippen molar-refractivity contribution in [2.45, 2.75) is 39.9 Å². The Hall–Kier alpha value is -0.500. The van der Waals surface area contributed by atoms with Crippen molar-refractivity contribution in [3.63, 3.8) is 0 Å². The van der Waals surface area contributed by atoms with Crippen LogP contribution in [-0.4, -0.2) is 24.2 Å². The third-order valence-electron chi connectivity index (χ3n) is 2.87. The van der Waals surface area contributed by atoms with Gasteiger partial charge in [-0.2, -0.15) is 0 Å². The minimum absolute atomic E-state index is 0.466. The molecule has 0 aromatic heterocycles. The summed E-state index contributed by atoms with van der Waals surface area (Å²) in [6, 6.07) is 0.575. The zero-order chi connectivity index (χ0) is 8.59. The Labute approximate surface area is 69.3 Å². The Kier molecular flexibility index (Phi) is 2.23. The van der Waals surface area contributed by atoms with E-state index < -0.39 is 0 Å². The van der Waals surface area contributed by atoms with Gasteiger partial charge in [0.25, 0.3) is 0 Å². The van der Waals surface area contributed by atoms with Crippen LogP contribution >= 0.6 is 0 Å². The Morgan fingerprint density at radius 3 is 2.36 bits per heavy atom. The molecule has 2 heteroatoms. The van der Waals surface area contributed by atoms with E-state index in [2.05, 4.69) is 45.0 Å². The van der Waals surface area contributed by atoms with Crippen molar-refractivity contribution >= 4 is 0 Å². The maximum atomic E-state index is 3.41. The third kappa shape index (κ3) is 1.41. The van der Waals surface area contributed by atoms with E-state index in [-0.39, 0.29) is 0 Å². The van der Waals surface area contributed by atoms with Gasteiger partial charge in [0, 0.05) is 11.7 Å². The van der Waals surface area contributed by atoms with Crippen LogP contribution in [0.4, 0.5) is 0 Å². The van der Waals surface area contributed by atoms with Crippen LogP contribution in [0, 0.1) is 0 Å². The lowest BCUT2D eigenvalue weighted by atomic mass is 10.0. The van der Waals surface area contributed by atoms with Gasteiger partial charge in [0.2, 0.25) is 0 Å². The van der Waals surface area contributed by atoms with Crippen molar-refractivity contribution in [2.24, 2.45) is 0 Å². The number of allylic oxidation sites excluding steroid dienone is 1. The van der Waals surface area contributed by atoms with Crippen molar-refractivity contribution in [2.75, 3.05) is 7.05 Å². The van der Waals surface area contributed by atoms with Crippen LogP contribution < -0.4 is 5.32 Å². The van der Waals surface area contributed by atoms with E-state index in [1.165, 1.54) is 11.3 Å². The molecule has 1 aliphatic rings. The first-order valence-corrected chi connectivity index (χ1v) is 4.20. The van der Waals surface area contributed by atoms with Crippen LogP contribution in [0.1, 0.15) is 27.7 Å². The minimum Gasteiger partial charge on any atom is -0.373 e. The summed E-state index contributed by atoms with van der Waals surface area (Å²) < 4.78 is 0. The summed E-state index contributed by atoms with van der Waals surface area (Å²) in [5.41, 5.74) is 2.79. The molecule has 0 bridgehead atoms. The molecule has 0 fully saturated rings. The summed E-state index contributed by atoms with van der Waals surface area (Å²) in [5, 5.41) is 3.41.